The second kappa shape index (κ2) is 8.37. The summed E-state index contributed by atoms with van der Waals surface area (Å²) in [7, 11) is 1.75. The lowest BCUT2D eigenvalue weighted by Gasteiger charge is -2.19. The van der Waals surface area contributed by atoms with Crippen LogP contribution < -0.4 is 4.74 Å². The first-order chi connectivity index (χ1) is 15.2. The number of carbonyl (C=O) groups is 1. The number of aryl methyl sites for hydroxylation is 2. The number of imidazole rings is 1. The lowest BCUT2D eigenvalue weighted by molar-refractivity contribution is -0.154. The zero-order valence-electron chi connectivity index (χ0n) is 18.7. The van der Waals surface area contributed by atoms with Crippen molar-refractivity contribution in [3.8, 4) is 12.0 Å². The van der Waals surface area contributed by atoms with E-state index in [-0.39, 0.29) is 19.0 Å². The van der Waals surface area contributed by atoms with Crippen molar-refractivity contribution in [3.05, 3.63) is 53.3 Å². The molecule has 0 N–H and O–H groups in total. The molecule has 0 atom stereocenters. The highest BCUT2D eigenvalue weighted by Gasteiger charge is 2.20. The molecule has 3 heterocycles. The summed E-state index contributed by atoms with van der Waals surface area (Å²) in [6.45, 7) is 7.66. The van der Waals surface area contributed by atoms with Gasteiger partial charge in [-0.15, -0.1) is 0 Å². The van der Waals surface area contributed by atoms with Crippen molar-refractivity contribution in [2.24, 2.45) is 7.05 Å². The molecule has 0 spiro atoms. The largest absolute Gasteiger partial charge is 0.460 e. The molecule has 0 unspecified atom stereocenters. The molecular weight excluding hydrogens is 410 g/mol. The predicted octanol–water partition coefficient (Wildman–Crippen LogP) is 2.72. The summed E-state index contributed by atoms with van der Waals surface area (Å²) < 4.78 is 14.7. The molecule has 0 aliphatic rings. The molecule has 32 heavy (non-hydrogen) atoms. The van der Waals surface area contributed by atoms with Crippen molar-refractivity contribution in [1.82, 2.24) is 34.7 Å². The molecule has 0 saturated heterocycles. The van der Waals surface area contributed by atoms with Gasteiger partial charge < -0.3 is 9.47 Å². The number of hydrogen-bond acceptors (Lipinski definition) is 8. The Bertz CT molecular complexity index is 1270. The fraction of sp³-hybridized carbons (Fsp3) is 0.364. The van der Waals surface area contributed by atoms with E-state index in [4.69, 9.17) is 9.47 Å². The van der Waals surface area contributed by atoms with Gasteiger partial charge in [0, 0.05) is 7.05 Å². The van der Waals surface area contributed by atoms with Crippen LogP contribution in [0, 0.1) is 6.92 Å². The number of esters is 1. The second-order valence-electron chi connectivity index (χ2n) is 8.45. The van der Waals surface area contributed by atoms with Crippen molar-refractivity contribution in [2.75, 3.05) is 0 Å². The number of ether oxygens (including phenoxy) is 2. The highest BCUT2D eigenvalue weighted by Crippen LogP contribution is 2.27. The highest BCUT2D eigenvalue weighted by atomic mass is 16.6. The van der Waals surface area contributed by atoms with Crippen LogP contribution in [0.4, 0.5) is 0 Å². The Labute approximate surface area is 185 Å². The number of carbonyl (C=O) groups excluding carboxylic acids is 1. The van der Waals surface area contributed by atoms with Gasteiger partial charge in [0.05, 0.1) is 28.8 Å². The van der Waals surface area contributed by atoms with Crippen LogP contribution in [0.15, 0.2) is 36.4 Å². The molecule has 3 aromatic heterocycles. The van der Waals surface area contributed by atoms with Crippen LogP contribution in [-0.4, -0.2) is 46.3 Å². The summed E-state index contributed by atoms with van der Waals surface area (Å²) in [5, 5.41) is 11.8. The molecule has 0 saturated carbocycles. The summed E-state index contributed by atoms with van der Waals surface area (Å²) in [4.78, 5) is 21.3. The summed E-state index contributed by atoms with van der Waals surface area (Å²) in [6, 6.07) is 11.7. The van der Waals surface area contributed by atoms with E-state index < -0.39 is 5.60 Å². The van der Waals surface area contributed by atoms with E-state index in [1.807, 2.05) is 58.0 Å². The zero-order valence-corrected chi connectivity index (χ0v) is 18.7. The van der Waals surface area contributed by atoms with Gasteiger partial charge in [-0.3, -0.25) is 9.78 Å². The predicted molar refractivity (Wildman–Crippen MR) is 116 cm³/mol. The van der Waals surface area contributed by atoms with Crippen LogP contribution in [0.1, 0.15) is 37.7 Å². The fourth-order valence-corrected chi connectivity index (χ4v) is 3.29. The molecule has 4 aromatic rings. The van der Waals surface area contributed by atoms with Gasteiger partial charge >= 0.3 is 12.0 Å². The van der Waals surface area contributed by atoms with Crippen molar-refractivity contribution in [3.63, 3.8) is 0 Å². The third-order valence-electron chi connectivity index (χ3n) is 4.61. The van der Waals surface area contributed by atoms with Crippen LogP contribution in [0.3, 0.4) is 0 Å². The number of pyridine rings is 1. The lowest BCUT2D eigenvalue weighted by atomic mass is 10.2. The SMILES string of the molecule is Cc1cccc2c1nc(OCc1cccc(CC(=O)OC(C)(C)C)n1)n2-c1nnnn1C. The maximum Gasteiger partial charge on any atom is 0.312 e. The number of para-hydroxylation sites is 1. The first-order valence-corrected chi connectivity index (χ1v) is 10.2. The smallest absolute Gasteiger partial charge is 0.312 e. The van der Waals surface area contributed by atoms with Gasteiger partial charge in [-0.25, -0.2) is 9.25 Å². The molecule has 10 heteroatoms. The minimum Gasteiger partial charge on any atom is -0.460 e. The van der Waals surface area contributed by atoms with Gasteiger partial charge in [0.15, 0.2) is 0 Å². The lowest BCUT2D eigenvalue weighted by Crippen LogP contribution is -2.25. The number of tetrazole rings is 1. The number of aromatic nitrogens is 7. The minimum atomic E-state index is -0.538. The number of benzene rings is 1. The van der Waals surface area contributed by atoms with Crippen LogP contribution in [0.25, 0.3) is 17.0 Å². The fourth-order valence-electron chi connectivity index (χ4n) is 3.29. The molecule has 0 bridgehead atoms. The van der Waals surface area contributed by atoms with Gasteiger partial charge in [0.1, 0.15) is 12.2 Å². The standard InChI is InChI=1S/C22H25N7O3/c1-14-8-6-11-17-19(14)24-21(29(17)20-25-26-27-28(20)5)31-13-16-10-7-9-15(23-16)12-18(30)32-22(2,3)4/h6-11H,12-13H2,1-5H3. The first-order valence-electron chi connectivity index (χ1n) is 10.2. The maximum atomic E-state index is 12.1. The van der Waals surface area contributed by atoms with Crippen LogP contribution in [0.2, 0.25) is 0 Å². The molecule has 1 aromatic carbocycles. The van der Waals surface area contributed by atoms with Gasteiger partial charge in [0.2, 0.25) is 0 Å². The van der Waals surface area contributed by atoms with Gasteiger partial charge in [-0.2, -0.15) is 4.98 Å². The third kappa shape index (κ3) is 4.58. The Morgan fingerprint density at radius 1 is 1.06 bits per heavy atom. The average Bonchev–Trinajstić information content (AvgIpc) is 3.28. The van der Waals surface area contributed by atoms with E-state index in [1.165, 1.54) is 0 Å². The Morgan fingerprint density at radius 3 is 2.53 bits per heavy atom. The number of hydrogen-bond donors (Lipinski definition) is 0. The Morgan fingerprint density at radius 2 is 1.81 bits per heavy atom. The molecule has 0 amide bonds. The average molecular weight is 435 g/mol. The maximum absolute atomic E-state index is 12.1. The molecule has 10 nitrogen and oxygen atoms in total. The quantitative estimate of drug-likeness (QED) is 0.425. The molecular formula is C22H25N7O3. The molecule has 0 fully saturated rings. The normalized spacial score (nSPS) is 11.7. The number of nitrogens with zero attached hydrogens (tertiary/aromatic N) is 7. The number of rotatable bonds is 6. The monoisotopic (exact) mass is 435 g/mol. The van der Waals surface area contributed by atoms with E-state index in [2.05, 4.69) is 25.5 Å². The summed E-state index contributed by atoms with van der Waals surface area (Å²) in [6.07, 6.45) is 0.0907. The van der Waals surface area contributed by atoms with Crippen molar-refractivity contribution < 1.29 is 14.3 Å². The summed E-state index contributed by atoms with van der Waals surface area (Å²) in [5.74, 6) is 0.162. The van der Waals surface area contributed by atoms with E-state index >= 15 is 0 Å². The zero-order chi connectivity index (χ0) is 22.9. The number of fused-ring (bicyclic) bond motifs is 1. The van der Waals surface area contributed by atoms with Crippen molar-refractivity contribution >= 4 is 17.0 Å². The molecule has 0 aliphatic heterocycles. The Balaban J connectivity index is 1.58. The highest BCUT2D eigenvalue weighted by molar-refractivity contribution is 5.81. The first kappa shape index (κ1) is 21.4. The molecule has 4 rings (SSSR count). The Hall–Kier alpha value is -3.82. The van der Waals surface area contributed by atoms with Crippen molar-refractivity contribution in [1.29, 1.82) is 0 Å². The van der Waals surface area contributed by atoms with Crippen molar-refractivity contribution in [2.45, 2.75) is 46.3 Å². The molecule has 166 valence electrons. The van der Waals surface area contributed by atoms with Gasteiger partial charge in [-0.05, 0) is 61.9 Å². The van der Waals surface area contributed by atoms with Gasteiger partial charge in [-0.1, -0.05) is 23.3 Å². The van der Waals surface area contributed by atoms with Crippen LogP contribution in [-0.2, 0) is 29.6 Å². The Kier molecular flexibility index (Phi) is 5.60. The molecule has 0 aliphatic carbocycles. The van der Waals surface area contributed by atoms with E-state index in [9.17, 15) is 4.79 Å². The van der Waals surface area contributed by atoms with E-state index in [0.29, 0.717) is 23.3 Å². The second-order valence-corrected chi connectivity index (χ2v) is 8.45. The van der Waals surface area contributed by atoms with Crippen LogP contribution in [0.5, 0.6) is 6.01 Å². The minimum absolute atomic E-state index is 0.0907. The summed E-state index contributed by atoms with van der Waals surface area (Å²) in [5.41, 5.74) is 3.39. The van der Waals surface area contributed by atoms with Crippen LogP contribution >= 0.6 is 0 Å². The van der Waals surface area contributed by atoms with Gasteiger partial charge in [0.25, 0.3) is 5.95 Å². The third-order valence-corrected chi connectivity index (χ3v) is 4.61. The molecule has 0 radical (unpaired) electrons. The summed E-state index contributed by atoms with van der Waals surface area (Å²) >= 11 is 0. The van der Waals surface area contributed by atoms with E-state index in [1.54, 1.807) is 22.4 Å². The van der Waals surface area contributed by atoms with E-state index in [0.717, 1.165) is 16.6 Å². The topological polar surface area (TPSA) is 110 Å².